The highest BCUT2D eigenvalue weighted by atomic mass is 14.7. The Balaban J connectivity index is 2.36. The second kappa shape index (κ2) is 4.83. The lowest BCUT2D eigenvalue weighted by atomic mass is 10.1. The van der Waals surface area contributed by atoms with E-state index >= 15 is 0 Å². The summed E-state index contributed by atoms with van der Waals surface area (Å²) in [6.07, 6.45) is 1.82. The molecule has 86 valence electrons. The fourth-order valence-corrected chi connectivity index (χ4v) is 1.77. The number of hydrogen-bond donors (Lipinski definition) is 1. The van der Waals surface area contributed by atoms with Crippen LogP contribution in [0.4, 0.5) is 11.4 Å². The molecule has 0 bridgehead atoms. The lowest BCUT2D eigenvalue weighted by molar-refractivity contribution is 1.33. The van der Waals surface area contributed by atoms with Crippen LogP contribution in [0.2, 0.25) is 0 Å². The number of hydrogen-bond acceptors (Lipinski definition) is 2. The van der Waals surface area contributed by atoms with Gasteiger partial charge in [-0.2, -0.15) is 0 Å². The number of nitrogen functional groups attached to an aromatic ring is 1. The highest BCUT2D eigenvalue weighted by Gasteiger charge is 1.99. The van der Waals surface area contributed by atoms with Crippen LogP contribution < -0.4 is 5.73 Å². The van der Waals surface area contributed by atoms with Crippen LogP contribution in [0, 0.1) is 13.8 Å². The Morgan fingerprint density at radius 2 is 1.59 bits per heavy atom. The van der Waals surface area contributed by atoms with Crippen molar-refractivity contribution in [2.75, 3.05) is 5.73 Å². The lowest BCUT2D eigenvalue weighted by Gasteiger charge is -2.04. The largest absolute Gasteiger partial charge is 0.398 e. The highest BCUT2D eigenvalue weighted by Crippen LogP contribution is 2.23. The molecule has 0 amide bonds. The minimum atomic E-state index is 0.752. The lowest BCUT2D eigenvalue weighted by Crippen LogP contribution is -1.92. The molecule has 0 aromatic heterocycles. The number of benzene rings is 2. The normalized spacial score (nSPS) is 10.9. The number of para-hydroxylation sites is 2. The first-order chi connectivity index (χ1) is 8.18. The molecule has 0 radical (unpaired) electrons. The van der Waals surface area contributed by atoms with E-state index < -0.39 is 0 Å². The molecule has 2 aromatic carbocycles. The molecule has 2 heteroatoms. The summed E-state index contributed by atoms with van der Waals surface area (Å²) >= 11 is 0. The van der Waals surface area contributed by atoms with Gasteiger partial charge in [-0.15, -0.1) is 0 Å². The van der Waals surface area contributed by atoms with Gasteiger partial charge in [-0.3, -0.25) is 4.99 Å². The Bertz CT molecular complexity index is 536. The van der Waals surface area contributed by atoms with Gasteiger partial charge in [0.15, 0.2) is 0 Å². The minimum absolute atomic E-state index is 0.752. The monoisotopic (exact) mass is 224 g/mol. The van der Waals surface area contributed by atoms with Crippen LogP contribution in [-0.4, -0.2) is 6.21 Å². The summed E-state index contributed by atoms with van der Waals surface area (Å²) in [6, 6.07) is 13.9. The van der Waals surface area contributed by atoms with E-state index in [4.69, 9.17) is 5.73 Å². The van der Waals surface area contributed by atoms with Gasteiger partial charge in [0.05, 0.1) is 5.69 Å². The van der Waals surface area contributed by atoms with Crippen LogP contribution in [-0.2, 0) is 0 Å². The summed E-state index contributed by atoms with van der Waals surface area (Å²) in [6.45, 7) is 4.13. The average molecular weight is 224 g/mol. The number of aryl methyl sites for hydroxylation is 2. The van der Waals surface area contributed by atoms with Gasteiger partial charge in [0, 0.05) is 17.5 Å². The van der Waals surface area contributed by atoms with Gasteiger partial charge in [0.25, 0.3) is 0 Å². The predicted octanol–water partition coefficient (Wildman–Crippen LogP) is 3.64. The van der Waals surface area contributed by atoms with E-state index in [0.29, 0.717) is 0 Å². The van der Waals surface area contributed by atoms with Gasteiger partial charge in [-0.1, -0.05) is 36.4 Å². The topological polar surface area (TPSA) is 38.4 Å². The van der Waals surface area contributed by atoms with Gasteiger partial charge < -0.3 is 5.73 Å². The van der Waals surface area contributed by atoms with Crippen LogP contribution in [0.5, 0.6) is 0 Å². The van der Waals surface area contributed by atoms with Crippen LogP contribution in [0.1, 0.15) is 16.7 Å². The van der Waals surface area contributed by atoms with Crippen molar-refractivity contribution in [1.82, 2.24) is 0 Å². The molecule has 0 saturated heterocycles. The van der Waals surface area contributed by atoms with E-state index in [-0.39, 0.29) is 0 Å². The zero-order valence-corrected chi connectivity index (χ0v) is 10.1. The maximum absolute atomic E-state index is 5.87. The molecule has 0 aliphatic rings. The van der Waals surface area contributed by atoms with Crippen molar-refractivity contribution in [2.45, 2.75) is 13.8 Å². The Hall–Kier alpha value is -2.09. The molecule has 0 spiro atoms. The van der Waals surface area contributed by atoms with E-state index in [1.807, 2.05) is 36.5 Å². The molecule has 0 aliphatic carbocycles. The molecule has 0 heterocycles. The number of anilines is 1. The fourth-order valence-electron chi connectivity index (χ4n) is 1.77. The molecule has 0 fully saturated rings. The van der Waals surface area contributed by atoms with E-state index in [2.05, 4.69) is 31.0 Å². The van der Waals surface area contributed by atoms with Crippen molar-refractivity contribution in [3.05, 3.63) is 59.2 Å². The van der Waals surface area contributed by atoms with Crippen LogP contribution in [0.3, 0.4) is 0 Å². The van der Waals surface area contributed by atoms with Crippen molar-refractivity contribution in [3.63, 3.8) is 0 Å². The Kier molecular flexibility index (Phi) is 3.24. The highest BCUT2D eigenvalue weighted by molar-refractivity contribution is 5.88. The molecule has 0 aliphatic heterocycles. The molecule has 2 nitrogen and oxygen atoms in total. The zero-order valence-electron chi connectivity index (χ0n) is 10.1. The fraction of sp³-hybridized carbons (Fsp3) is 0.133. The third-order valence-corrected chi connectivity index (χ3v) is 2.77. The van der Waals surface area contributed by atoms with E-state index in [1.54, 1.807) is 0 Å². The molecule has 2 aromatic rings. The van der Waals surface area contributed by atoms with Gasteiger partial charge in [-0.05, 0) is 31.0 Å². The minimum Gasteiger partial charge on any atom is -0.398 e. The average Bonchev–Trinajstić information content (AvgIpc) is 2.30. The third kappa shape index (κ3) is 2.53. The molecule has 0 saturated carbocycles. The molecule has 2 rings (SSSR count). The smallest absolute Gasteiger partial charge is 0.0688 e. The summed E-state index contributed by atoms with van der Waals surface area (Å²) < 4.78 is 0. The summed E-state index contributed by atoms with van der Waals surface area (Å²) in [4.78, 5) is 4.53. The van der Waals surface area contributed by atoms with Crippen molar-refractivity contribution in [2.24, 2.45) is 4.99 Å². The number of nitrogens with zero attached hydrogens (tertiary/aromatic N) is 1. The Morgan fingerprint density at radius 3 is 2.24 bits per heavy atom. The van der Waals surface area contributed by atoms with Gasteiger partial charge in [0.2, 0.25) is 0 Å². The molecule has 2 N–H and O–H groups in total. The Labute approximate surface area is 102 Å². The molecule has 17 heavy (non-hydrogen) atoms. The van der Waals surface area contributed by atoms with Crippen molar-refractivity contribution < 1.29 is 0 Å². The number of aliphatic imine (C=N–C) groups is 1. The van der Waals surface area contributed by atoms with Gasteiger partial charge >= 0.3 is 0 Å². The maximum Gasteiger partial charge on any atom is 0.0688 e. The van der Waals surface area contributed by atoms with Crippen molar-refractivity contribution in [1.29, 1.82) is 0 Å². The van der Waals surface area contributed by atoms with E-state index in [1.165, 1.54) is 11.1 Å². The van der Waals surface area contributed by atoms with Crippen LogP contribution >= 0.6 is 0 Å². The molecular formula is C15H16N2. The SMILES string of the molecule is Cc1cccc(C)c1N=Cc1ccccc1N. The molecular weight excluding hydrogens is 208 g/mol. The third-order valence-electron chi connectivity index (χ3n) is 2.77. The van der Waals surface area contributed by atoms with E-state index in [9.17, 15) is 0 Å². The second-order valence-corrected chi connectivity index (χ2v) is 4.13. The quantitative estimate of drug-likeness (QED) is 0.614. The number of rotatable bonds is 2. The first-order valence-electron chi connectivity index (χ1n) is 5.63. The van der Waals surface area contributed by atoms with Crippen molar-refractivity contribution in [3.8, 4) is 0 Å². The maximum atomic E-state index is 5.87. The summed E-state index contributed by atoms with van der Waals surface area (Å²) in [7, 11) is 0. The number of nitrogens with two attached hydrogens (primary N) is 1. The predicted molar refractivity (Wildman–Crippen MR) is 74.0 cm³/mol. The summed E-state index contributed by atoms with van der Waals surface area (Å²) in [5.41, 5.74) is 11.0. The zero-order chi connectivity index (χ0) is 12.3. The molecule has 0 atom stereocenters. The first kappa shape index (κ1) is 11.4. The van der Waals surface area contributed by atoms with E-state index in [0.717, 1.165) is 16.9 Å². The first-order valence-corrected chi connectivity index (χ1v) is 5.63. The van der Waals surface area contributed by atoms with Crippen molar-refractivity contribution >= 4 is 17.6 Å². The van der Waals surface area contributed by atoms with Crippen LogP contribution in [0.25, 0.3) is 0 Å². The van der Waals surface area contributed by atoms with Crippen LogP contribution in [0.15, 0.2) is 47.5 Å². The molecule has 0 unspecified atom stereocenters. The van der Waals surface area contributed by atoms with Gasteiger partial charge in [-0.25, -0.2) is 0 Å². The summed E-state index contributed by atoms with van der Waals surface area (Å²) in [5, 5.41) is 0. The Morgan fingerprint density at radius 1 is 0.941 bits per heavy atom. The standard InChI is InChI=1S/C15H16N2/c1-11-6-5-7-12(2)15(11)17-10-13-8-3-4-9-14(13)16/h3-10H,16H2,1-2H3. The summed E-state index contributed by atoms with van der Waals surface area (Å²) in [5.74, 6) is 0. The van der Waals surface area contributed by atoms with Gasteiger partial charge in [0.1, 0.15) is 0 Å². The second-order valence-electron chi connectivity index (χ2n) is 4.13.